The Bertz CT molecular complexity index is 661. The summed E-state index contributed by atoms with van der Waals surface area (Å²) in [5.74, 6) is 1.59. The zero-order valence-corrected chi connectivity index (χ0v) is 13.2. The average molecular weight is 311 g/mol. The number of rotatable bonds is 5. The fraction of sp³-hybridized carbons (Fsp3) is 0.353. The number of carbonyl (C=O) groups is 1. The van der Waals surface area contributed by atoms with Crippen LogP contribution in [0.4, 0.5) is 11.6 Å². The molecule has 1 unspecified atom stereocenters. The van der Waals surface area contributed by atoms with Crippen molar-refractivity contribution in [3.63, 3.8) is 0 Å². The zero-order chi connectivity index (χ0) is 16.1. The third-order valence-corrected chi connectivity index (χ3v) is 4.08. The number of anilines is 2. The van der Waals surface area contributed by atoms with Crippen molar-refractivity contribution in [2.24, 2.45) is 0 Å². The third kappa shape index (κ3) is 3.84. The molecule has 6 heteroatoms. The maximum Gasteiger partial charge on any atom is 0.233 e. The summed E-state index contributed by atoms with van der Waals surface area (Å²) in [7, 11) is 1.68. The molecular weight excluding hydrogens is 290 g/mol. The van der Waals surface area contributed by atoms with Gasteiger partial charge in [-0.2, -0.15) is 0 Å². The van der Waals surface area contributed by atoms with Gasteiger partial charge in [-0.1, -0.05) is 6.07 Å². The van der Waals surface area contributed by atoms with Crippen molar-refractivity contribution in [3.8, 4) is 0 Å². The standard InChI is InChI=1S/C17H21N5O/c1-18-17(23)12-22-10-4-5-14(22)13-7-9-20-16(11-13)21-15-6-2-3-8-19-15/h2-3,6-9,11,14H,4-5,10,12H2,1H3,(H,18,23)(H,19,20,21). The fourth-order valence-electron chi connectivity index (χ4n) is 2.95. The van der Waals surface area contributed by atoms with Crippen molar-refractivity contribution < 1.29 is 4.79 Å². The van der Waals surface area contributed by atoms with E-state index in [1.54, 1.807) is 19.4 Å². The van der Waals surface area contributed by atoms with Crippen LogP contribution in [0.3, 0.4) is 0 Å². The first kappa shape index (κ1) is 15.4. The van der Waals surface area contributed by atoms with E-state index in [0.717, 1.165) is 31.0 Å². The van der Waals surface area contributed by atoms with Crippen LogP contribution < -0.4 is 10.6 Å². The van der Waals surface area contributed by atoms with E-state index in [1.807, 2.05) is 30.3 Å². The highest BCUT2D eigenvalue weighted by Crippen LogP contribution is 2.32. The number of nitrogens with one attached hydrogen (secondary N) is 2. The first-order valence-electron chi connectivity index (χ1n) is 7.85. The van der Waals surface area contributed by atoms with E-state index in [0.29, 0.717) is 6.54 Å². The predicted molar refractivity (Wildman–Crippen MR) is 89.4 cm³/mol. The number of carbonyl (C=O) groups excluding carboxylic acids is 1. The number of aromatic nitrogens is 2. The van der Waals surface area contributed by atoms with Crippen molar-refractivity contribution in [2.45, 2.75) is 18.9 Å². The Morgan fingerprint density at radius 1 is 1.26 bits per heavy atom. The van der Waals surface area contributed by atoms with Crippen LogP contribution in [0.5, 0.6) is 0 Å². The van der Waals surface area contributed by atoms with E-state index in [9.17, 15) is 4.79 Å². The van der Waals surface area contributed by atoms with Crippen molar-refractivity contribution in [1.29, 1.82) is 0 Å². The quantitative estimate of drug-likeness (QED) is 0.885. The maximum atomic E-state index is 11.7. The van der Waals surface area contributed by atoms with Crippen molar-refractivity contribution in [3.05, 3.63) is 48.3 Å². The molecule has 0 aromatic carbocycles. The van der Waals surface area contributed by atoms with Gasteiger partial charge in [-0.15, -0.1) is 0 Å². The van der Waals surface area contributed by atoms with Crippen LogP contribution in [0.1, 0.15) is 24.4 Å². The molecule has 3 heterocycles. The van der Waals surface area contributed by atoms with Crippen molar-refractivity contribution in [1.82, 2.24) is 20.2 Å². The molecule has 1 amide bonds. The number of hydrogen-bond acceptors (Lipinski definition) is 5. The van der Waals surface area contributed by atoms with Gasteiger partial charge in [0.2, 0.25) is 5.91 Å². The summed E-state index contributed by atoms with van der Waals surface area (Å²) < 4.78 is 0. The lowest BCUT2D eigenvalue weighted by Gasteiger charge is -2.24. The number of likely N-dealkylation sites (tertiary alicyclic amines) is 1. The molecule has 6 nitrogen and oxygen atoms in total. The van der Waals surface area contributed by atoms with Gasteiger partial charge >= 0.3 is 0 Å². The summed E-state index contributed by atoms with van der Waals surface area (Å²) in [6.45, 7) is 1.38. The second-order valence-electron chi connectivity index (χ2n) is 5.62. The van der Waals surface area contributed by atoms with Crippen molar-refractivity contribution >= 4 is 17.5 Å². The third-order valence-electron chi connectivity index (χ3n) is 4.08. The number of hydrogen-bond donors (Lipinski definition) is 2. The van der Waals surface area contributed by atoms with Gasteiger partial charge in [0, 0.05) is 25.5 Å². The molecule has 0 radical (unpaired) electrons. The van der Waals surface area contributed by atoms with Crippen LogP contribution in [0.25, 0.3) is 0 Å². The molecule has 2 aromatic rings. The summed E-state index contributed by atoms with van der Waals surface area (Å²) in [6, 6.07) is 10.0. The van der Waals surface area contributed by atoms with Gasteiger partial charge in [0.15, 0.2) is 0 Å². The zero-order valence-electron chi connectivity index (χ0n) is 13.2. The highest BCUT2D eigenvalue weighted by molar-refractivity contribution is 5.77. The molecule has 1 aliphatic heterocycles. The maximum absolute atomic E-state index is 11.7. The molecule has 0 aliphatic carbocycles. The predicted octanol–water partition coefficient (Wildman–Crippen LogP) is 2.10. The topological polar surface area (TPSA) is 70.2 Å². The lowest BCUT2D eigenvalue weighted by atomic mass is 10.1. The monoisotopic (exact) mass is 311 g/mol. The van der Waals surface area contributed by atoms with E-state index in [1.165, 1.54) is 5.56 Å². The molecule has 3 rings (SSSR count). The van der Waals surface area contributed by atoms with E-state index >= 15 is 0 Å². The molecule has 2 N–H and O–H groups in total. The minimum Gasteiger partial charge on any atom is -0.358 e. The van der Waals surface area contributed by atoms with Gasteiger partial charge in [-0.25, -0.2) is 9.97 Å². The Kier molecular flexibility index (Phi) is 4.83. The first-order valence-corrected chi connectivity index (χ1v) is 7.85. The minimum absolute atomic E-state index is 0.0535. The normalized spacial score (nSPS) is 17.9. The second-order valence-corrected chi connectivity index (χ2v) is 5.62. The molecule has 0 bridgehead atoms. The molecule has 0 spiro atoms. The molecule has 0 saturated carbocycles. The van der Waals surface area contributed by atoms with Gasteiger partial charge in [0.1, 0.15) is 11.6 Å². The molecule has 1 atom stereocenters. The van der Waals surface area contributed by atoms with Crippen LogP contribution in [0.2, 0.25) is 0 Å². The summed E-state index contributed by atoms with van der Waals surface area (Å²) in [5.41, 5.74) is 1.18. The smallest absolute Gasteiger partial charge is 0.233 e. The first-order chi connectivity index (χ1) is 11.3. The van der Waals surface area contributed by atoms with E-state index < -0.39 is 0 Å². The van der Waals surface area contributed by atoms with Crippen LogP contribution in [0.15, 0.2) is 42.7 Å². The van der Waals surface area contributed by atoms with Gasteiger partial charge in [-0.05, 0) is 49.2 Å². The summed E-state index contributed by atoms with van der Waals surface area (Å²) >= 11 is 0. The number of pyridine rings is 2. The van der Waals surface area contributed by atoms with E-state index in [2.05, 4.69) is 25.5 Å². The van der Waals surface area contributed by atoms with Gasteiger partial charge < -0.3 is 10.6 Å². The lowest BCUT2D eigenvalue weighted by Crippen LogP contribution is -2.35. The Morgan fingerprint density at radius 3 is 2.91 bits per heavy atom. The number of likely N-dealkylation sites (N-methyl/N-ethyl adjacent to an activating group) is 1. The van der Waals surface area contributed by atoms with Crippen molar-refractivity contribution in [2.75, 3.05) is 25.5 Å². The van der Waals surface area contributed by atoms with Gasteiger partial charge in [-0.3, -0.25) is 9.69 Å². The molecule has 2 aromatic heterocycles. The SMILES string of the molecule is CNC(=O)CN1CCCC1c1ccnc(Nc2ccccn2)c1. The Morgan fingerprint density at radius 2 is 2.13 bits per heavy atom. The number of nitrogens with zero attached hydrogens (tertiary/aromatic N) is 3. The van der Waals surface area contributed by atoms with Gasteiger partial charge in [0.25, 0.3) is 0 Å². The van der Waals surface area contributed by atoms with E-state index in [-0.39, 0.29) is 11.9 Å². The fourth-order valence-corrected chi connectivity index (χ4v) is 2.95. The van der Waals surface area contributed by atoms with E-state index in [4.69, 9.17) is 0 Å². The van der Waals surface area contributed by atoms with Crippen LogP contribution in [0, 0.1) is 0 Å². The summed E-state index contributed by atoms with van der Waals surface area (Å²) in [5, 5.41) is 5.91. The highest BCUT2D eigenvalue weighted by Gasteiger charge is 2.27. The molecule has 1 aliphatic rings. The molecule has 23 heavy (non-hydrogen) atoms. The average Bonchev–Trinajstić information content (AvgIpc) is 3.04. The Hall–Kier alpha value is -2.47. The van der Waals surface area contributed by atoms with Gasteiger partial charge in [0.05, 0.1) is 6.54 Å². The Labute approximate surface area is 135 Å². The van der Waals surface area contributed by atoms with Crippen LogP contribution >= 0.6 is 0 Å². The molecule has 120 valence electrons. The molecule has 1 saturated heterocycles. The van der Waals surface area contributed by atoms with Crippen LogP contribution in [-0.4, -0.2) is 40.9 Å². The van der Waals surface area contributed by atoms with Crippen LogP contribution in [-0.2, 0) is 4.79 Å². The highest BCUT2D eigenvalue weighted by atomic mass is 16.1. The molecular formula is C17H21N5O. The minimum atomic E-state index is 0.0535. The lowest BCUT2D eigenvalue weighted by molar-refractivity contribution is -0.122. The largest absolute Gasteiger partial charge is 0.358 e. The summed E-state index contributed by atoms with van der Waals surface area (Å²) in [6.07, 6.45) is 5.71. The Balaban J connectivity index is 1.75. The number of amides is 1. The summed E-state index contributed by atoms with van der Waals surface area (Å²) in [4.78, 5) is 22.5. The second kappa shape index (κ2) is 7.19. The molecule has 1 fully saturated rings.